The summed E-state index contributed by atoms with van der Waals surface area (Å²) in [6, 6.07) is 18.0. The topological polar surface area (TPSA) is 70.7 Å². The number of amides is 1. The number of pyridine rings is 1. The molecule has 0 saturated heterocycles. The van der Waals surface area contributed by atoms with E-state index in [0.29, 0.717) is 28.1 Å². The number of rotatable bonds is 4. The van der Waals surface area contributed by atoms with Gasteiger partial charge in [0.1, 0.15) is 5.82 Å². The number of imidazole rings is 1. The van der Waals surface area contributed by atoms with Gasteiger partial charge in [0.15, 0.2) is 0 Å². The summed E-state index contributed by atoms with van der Waals surface area (Å²) < 4.78 is 38.9. The van der Waals surface area contributed by atoms with Crippen LogP contribution in [0, 0.1) is 0 Å². The first kappa shape index (κ1) is 20.9. The molecule has 0 atom stereocenters. The van der Waals surface area contributed by atoms with Gasteiger partial charge in [-0.2, -0.15) is 13.2 Å². The normalized spacial score (nSPS) is 11.6. The molecule has 2 aromatic carbocycles. The van der Waals surface area contributed by atoms with Gasteiger partial charge in [0.05, 0.1) is 27.0 Å². The molecule has 3 heterocycles. The minimum atomic E-state index is -4.41. The largest absolute Gasteiger partial charge is 0.416 e. The van der Waals surface area contributed by atoms with Gasteiger partial charge >= 0.3 is 6.18 Å². The highest BCUT2D eigenvalue weighted by Gasteiger charge is 2.30. The fourth-order valence-corrected chi connectivity index (χ4v) is 4.32. The van der Waals surface area contributed by atoms with E-state index in [2.05, 4.69) is 20.3 Å². The van der Waals surface area contributed by atoms with E-state index in [4.69, 9.17) is 0 Å². The standard InChI is InChI=1S/C24H15F3N4OS/c25-24(26,27)16-6-7-18-19(12-16)31-22(30-18)21-9-8-20(33-21)14-3-1-5-17(11-14)29-23(32)15-4-2-10-28-13-15/h1-13H,(H,29,32)(H,30,31). The summed E-state index contributed by atoms with van der Waals surface area (Å²) in [6.45, 7) is 0. The van der Waals surface area contributed by atoms with Crippen molar-refractivity contribution in [2.45, 2.75) is 6.18 Å². The van der Waals surface area contributed by atoms with Gasteiger partial charge in [-0.15, -0.1) is 11.3 Å². The average molecular weight is 464 g/mol. The smallest absolute Gasteiger partial charge is 0.337 e. The number of thiophene rings is 1. The number of halogens is 3. The zero-order chi connectivity index (χ0) is 23.0. The molecular weight excluding hydrogens is 449 g/mol. The predicted octanol–water partition coefficient (Wildman–Crippen LogP) is 6.62. The molecule has 2 N–H and O–H groups in total. The molecule has 0 aliphatic rings. The molecule has 0 saturated carbocycles. The highest BCUT2D eigenvalue weighted by molar-refractivity contribution is 7.18. The second-order valence-corrected chi connectivity index (χ2v) is 8.34. The van der Waals surface area contributed by atoms with Crippen LogP contribution < -0.4 is 5.32 Å². The Balaban J connectivity index is 1.40. The number of alkyl halides is 3. The van der Waals surface area contributed by atoms with Crippen molar-refractivity contribution in [2.24, 2.45) is 0 Å². The van der Waals surface area contributed by atoms with E-state index in [-0.39, 0.29) is 5.91 Å². The van der Waals surface area contributed by atoms with Gasteiger partial charge in [-0.1, -0.05) is 12.1 Å². The van der Waals surface area contributed by atoms with E-state index in [1.807, 2.05) is 30.3 Å². The Morgan fingerprint density at radius 1 is 0.970 bits per heavy atom. The summed E-state index contributed by atoms with van der Waals surface area (Å²) in [6.07, 6.45) is -1.31. The summed E-state index contributed by atoms with van der Waals surface area (Å²) in [5.41, 5.74) is 2.07. The van der Waals surface area contributed by atoms with Crippen LogP contribution in [0.25, 0.3) is 32.2 Å². The fourth-order valence-electron chi connectivity index (χ4n) is 3.37. The molecule has 0 fully saturated rings. The molecule has 5 nitrogen and oxygen atoms in total. The minimum absolute atomic E-state index is 0.257. The van der Waals surface area contributed by atoms with E-state index in [1.165, 1.54) is 23.6 Å². The number of aromatic nitrogens is 3. The lowest BCUT2D eigenvalue weighted by Crippen LogP contribution is -2.11. The number of anilines is 1. The van der Waals surface area contributed by atoms with Gasteiger partial charge < -0.3 is 10.3 Å². The van der Waals surface area contributed by atoms with Crippen LogP contribution in [0.4, 0.5) is 18.9 Å². The zero-order valence-electron chi connectivity index (χ0n) is 16.9. The number of nitrogens with zero attached hydrogens (tertiary/aromatic N) is 2. The minimum Gasteiger partial charge on any atom is -0.337 e. The van der Waals surface area contributed by atoms with E-state index < -0.39 is 11.7 Å². The molecule has 0 radical (unpaired) electrons. The summed E-state index contributed by atoms with van der Waals surface area (Å²) in [5, 5.41) is 2.86. The third-order valence-corrected chi connectivity index (χ3v) is 6.12. The van der Waals surface area contributed by atoms with Gasteiger partial charge in [-0.3, -0.25) is 9.78 Å². The van der Waals surface area contributed by atoms with E-state index in [9.17, 15) is 18.0 Å². The Kier molecular flexibility index (Phi) is 5.18. The van der Waals surface area contributed by atoms with Crippen LogP contribution in [0.2, 0.25) is 0 Å². The van der Waals surface area contributed by atoms with Crippen molar-refractivity contribution in [1.29, 1.82) is 0 Å². The highest BCUT2D eigenvalue weighted by Crippen LogP contribution is 2.36. The third-order valence-electron chi connectivity index (χ3n) is 4.98. The molecule has 0 bridgehead atoms. The fraction of sp³-hybridized carbons (Fsp3) is 0.0417. The maximum atomic E-state index is 13.0. The van der Waals surface area contributed by atoms with E-state index in [1.54, 1.807) is 24.4 Å². The van der Waals surface area contributed by atoms with Crippen molar-refractivity contribution in [3.8, 4) is 21.1 Å². The number of fused-ring (bicyclic) bond motifs is 1. The zero-order valence-corrected chi connectivity index (χ0v) is 17.7. The second-order valence-electron chi connectivity index (χ2n) is 7.26. The predicted molar refractivity (Wildman–Crippen MR) is 122 cm³/mol. The molecule has 0 aliphatic heterocycles. The molecule has 9 heteroatoms. The number of hydrogen-bond donors (Lipinski definition) is 2. The second kappa shape index (κ2) is 8.18. The molecule has 0 spiro atoms. The lowest BCUT2D eigenvalue weighted by Gasteiger charge is -2.06. The number of aromatic amines is 1. The van der Waals surface area contributed by atoms with Crippen molar-refractivity contribution in [2.75, 3.05) is 5.32 Å². The summed E-state index contributed by atoms with van der Waals surface area (Å²) >= 11 is 1.45. The Morgan fingerprint density at radius 2 is 1.82 bits per heavy atom. The Morgan fingerprint density at radius 3 is 2.61 bits per heavy atom. The van der Waals surface area contributed by atoms with Crippen LogP contribution in [0.3, 0.4) is 0 Å². The number of hydrogen-bond acceptors (Lipinski definition) is 4. The number of benzene rings is 2. The first-order valence-corrected chi connectivity index (χ1v) is 10.7. The average Bonchev–Trinajstić information content (AvgIpc) is 3.46. The van der Waals surface area contributed by atoms with Crippen molar-refractivity contribution >= 4 is 34.0 Å². The van der Waals surface area contributed by atoms with Crippen LogP contribution in [0.15, 0.2) is 79.1 Å². The maximum Gasteiger partial charge on any atom is 0.416 e. The maximum absolute atomic E-state index is 13.0. The third kappa shape index (κ3) is 4.35. The molecule has 33 heavy (non-hydrogen) atoms. The molecule has 5 rings (SSSR count). The van der Waals surface area contributed by atoms with E-state index in [0.717, 1.165) is 27.5 Å². The van der Waals surface area contributed by atoms with Crippen molar-refractivity contribution < 1.29 is 18.0 Å². The van der Waals surface area contributed by atoms with Crippen molar-refractivity contribution in [1.82, 2.24) is 15.0 Å². The Hall–Kier alpha value is -3.98. The van der Waals surface area contributed by atoms with Gasteiger partial charge in [0, 0.05) is 23.0 Å². The van der Waals surface area contributed by atoms with Gasteiger partial charge in [0.2, 0.25) is 0 Å². The number of carbonyl (C=O) groups is 1. The molecule has 3 aromatic heterocycles. The molecular formula is C24H15F3N4OS. The van der Waals surface area contributed by atoms with Crippen LogP contribution in [-0.4, -0.2) is 20.9 Å². The molecule has 1 amide bonds. The van der Waals surface area contributed by atoms with Gasteiger partial charge in [0.25, 0.3) is 5.91 Å². The highest BCUT2D eigenvalue weighted by atomic mass is 32.1. The molecule has 164 valence electrons. The molecule has 0 aliphatic carbocycles. The first-order chi connectivity index (χ1) is 15.9. The molecule has 0 unspecified atom stereocenters. The SMILES string of the molecule is O=C(Nc1cccc(-c2ccc(-c3nc4ccc(C(F)(F)F)cc4[nH]3)s2)c1)c1cccnc1. The van der Waals surface area contributed by atoms with E-state index >= 15 is 0 Å². The Labute approximate surface area is 190 Å². The number of carbonyl (C=O) groups excluding carboxylic acids is 1. The monoisotopic (exact) mass is 464 g/mol. The quantitative estimate of drug-likeness (QED) is 0.314. The summed E-state index contributed by atoms with van der Waals surface area (Å²) in [5.74, 6) is 0.245. The van der Waals surface area contributed by atoms with Crippen molar-refractivity contribution in [3.05, 3.63) is 90.3 Å². The lowest BCUT2D eigenvalue weighted by molar-refractivity contribution is -0.137. The molecule has 5 aromatic rings. The first-order valence-electron chi connectivity index (χ1n) is 9.86. The van der Waals surface area contributed by atoms with Crippen LogP contribution in [0.5, 0.6) is 0 Å². The van der Waals surface area contributed by atoms with Gasteiger partial charge in [-0.05, 0) is 60.2 Å². The van der Waals surface area contributed by atoms with Crippen LogP contribution in [-0.2, 0) is 6.18 Å². The van der Waals surface area contributed by atoms with Crippen LogP contribution >= 0.6 is 11.3 Å². The lowest BCUT2D eigenvalue weighted by atomic mass is 10.1. The number of H-pyrrole nitrogens is 1. The Bertz CT molecular complexity index is 1460. The number of nitrogens with one attached hydrogen (secondary N) is 2. The van der Waals surface area contributed by atoms with Crippen molar-refractivity contribution in [3.63, 3.8) is 0 Å². The summed E-state index contributed by atoms with van der Waals surface area (Å²) in [4.78, 5) is 25.5. The van der Waals surface area contributed by atoms with Gasteiger partial charge in [-0.25, -0.2) is 4.98 Å². The van der Waals surface area contributed by atoms with Crippen LogP contribution in [0.1, 0.15) is 15.9 Å². The summed E-state index contributed by atoms with van der Waals surface area (Å²) in [7, 11) is 0.